The minimum Gasteiger partial charge on any atom is -0.492 e. The molecular formula is C28H34Cl3N5O. The van der Waals surface area contributed by atoms with Crippen molar-refractivity contribution in [3.8, 4) is 5.75 Å². The van der Waals surface area contributed by atoms with Crippen LogP contribution in [-0.2, 0) is 6.42 Å². The fraction of sp³-hybridized carbons (Fsp3) is 0.500. The Kier molecular flexibility index (Phi) is 9.27. The zero-order chi connectivity index (χ0) is 25.6. The van der Waals surface area contributed by atoms with Crippen molar-refractivity contribution >= 4 is 34.8 Å². The van der Waals surface area contributed by atoms with Gasteiger partial charge in [-0.05, 0) is 99.6 Å². The van der Waals surface area contributed by atoms with Gasteiger partial charge in [0.1, 0.15) is 25.0 Å². The van der Waals surface area contributed by atoms with Crippen LogP contribution in [-0.4, -0.2) is 70.4 Å². The van der Waals surface area contributed by atoms with Gasteiger partial charge in [0.15, 0.2) is 0 Å². The van der Waals surface area contributed by atoms with Gasteiger partial charge in [-0.1, -0.05) is 46.9 Å². The second kappa shape index (κ2) is 12.8. The van der Waals surface area contributed by atoms with Crippen LogP contribution in [0.25, 0.3) is 0 Å². The smallest absolute Gasteiger partial charge is 0.137 e. The van der Waals surface area contributed by atoms with Gasteiger partial charge in [-0.2, -0.15) is 5.10 Å². The molecule has 0 bridgehead atoms. The summed E-state index contributed by atoms with van der Waals surface area (Å²) in [6.07, 6.45) is 8.91. The van der Waals surface area contributed by atoms with E-state index in [0.717, 1.165) is 61.8 Å². The zero-order valence-electron chi connectivity index (χ0n) is 21.0. The van der Waals surface area contributed by atoms with Gasteiger partial charge in [-0.3, -0.25) is 4.90 Å². The summed E-state index contributed by atoms with van der Waals surface area (Å²) < 4.78 is 8.23. The Morgan fingerprint density at radius 1 is 0.919 bits per heavy atom. The minimum absolute atomic E-state index is 0.137. The first-order valence-electron chi connectivity index (χ1n) is 13.2. The van der Waals surface area contributed by atoms with Gasteiger partial charge in [0, 0.05) is 28.2 Å². The van der Waals surface area contributed by atoms with Crippen molar-refractivity contribution in [1.29, 1.82) is 0 Å². The lowest BCUT2D eigenvalue weighted by molar-refractivity contribution is 0.176. The molecule has 2 fully saturated rings. The van der Waals surface area contributed by atoms with Crippen molar-refractivity contribution in [1.82, 2.24) is 24.6 Å². The van der Waals surface area contributed by atoms with E-state index in [2.05, 4.69) is 25.9 Å². The maximum atomic E-state index is 6.50. The van der Waals surface area contributed by atoms with E-state index >= 15 is 0 Å². The quantitative estimate of drug-likeness (QED) is 0.287. The first-order valence-corrected chi connectivity index (χ1v) is 14.3. The highest BCUT2D eigenvalue weighted by atomic mass is 35.5. The second-order valence-corrected chi connectivity index (χ2v) is 11.4. The molecule has 0 N–H and O–H groups in total. The van der Waals surface area contributed by atoms with E-state index in [0.29, 0.717) is 22.6 Å². The number of hydrogen-bond donors (Lipinski definition) is 0. The van der Waals surface area contributed by atoms with Crippen LogP contribution >= 0.6 is 34.8 Å². The Morgan fingerprint density at radius 2 is 1.68 bits per heavy atom. The standard InChI is InChI=1S/C28H34Cl3N5O/c29-23-4-3-22(27(31)16-23)15-25(36-20-32-19-33-36)18-35-11-7-21(8-12-35)26-6-5-24(30)17-28(26)37-14-13-34-9-1-2-10-34/h3-6,16-17,19-21,25H,1-2,7-15,18H2/t25-/m1/s1. The summed E-state index contributed by atoms with van der Waals surface area (Å²) in [4.78, 5) is 9.19. The van der Waals surface area contributed by atoms with Gasteiger partial charge in [0.05, 0.1) is 6.04 Å². The summed E-state index contributed by atoms with van der Waals surface area (Å²) in [6, 6.07) is 12.0. The van der Waals surface area contributed by atoms with E-state index in [9.17, 15) is 0 Å². The largest absolute Gasteiger partial charge is 0.492 e. The molecule has 2 aliphatic heterocycles. The van der Waals surface area contributed by atoms with Crippen LogP contribution in [0, 0.1) is 0 Å². The van der Waals surface area contributed by atoms with Crippen LogP contribution in [0.5, 0.6) is 5.75 Å². The molecule has 0 aliphatic carbocycles. The molecule has 0 unspecified atom stereocenters. The molecule has 3 aromatic rings. The maximum Gasteiger partial charge on any atom is 0.137 e. The molecule has 2 saturated heterocycles. The lowest BCUT2D eigenvalue weighted by atomic mass is 9.88. The number of halogens is 3. The lowest BCUT2D eigenvalue weighted by Crippen LogP contribution is -2.38. The van der Waals surface area contributed by atoms with Crippen molar-refractivity contribution in [2.24, 2.45) is 0 Å². The predicted octanol–water partition coefficient (Wildman–Crippen LogP) is 6.38. The Labute approximate surface area is 234 Å². The summed E-state index contributed by atoms with van der Waals surface area (Å²) in [5.41, 5.74) is 2.35. The molecule has 5 rings (SSSR count). The van der Waals surface area contributed by atoms with Crippen molar-refractivity contribution in [3.05, 3.63) is 75.2 Å². The van der Waals surface area contributed by atoms with Gasteiger partial charge >= 0.3 is 0 Å². The third-order valence-electron chi connectivity index (χ3n) is 7.62. The molecule has 198 valence electrons. The fourth-order valence-corrected chi connectivity index (χ4v) is 6.22. The number of benzene rings is 2. The molecule has 0 saturated carbocycles. The van der Waals surface area contributed by atoms with Gasteiger partial charge in [-0.25, -0.2) is 9.67 Å². The van der Waals surface area contributed by atoms with Crippen molar-refractivity contribution in [3.63, 3.8) is 0 Å². The average molecular weight is 563 g/mol. The van der Waals surface area contributed by atoms with Gasteiger partial charge in [0.25, 0.3) is 0 Å². The third-order valence-corrected chi connectivity index (χ3v) is 8.44. The number of hydrogen-bond acceptors (Lipinski definition) is 5. The van der Waals surface area contributed by atoms with E-state index in [1.807, 2.05) is 28.9 Å². The number of likely N-dealkylation sites (tertiary alicyclic amines) is 2. The SMILES string of the molecule is Clc1ccc(C[C@H](CN2CCC(c3ccc(Cl)cc3OCCN3CCCC3)CC2)n2cncn2)c(Cl)c1. The molecule has 6 nitrogen and oxygen atoms in total. The number of piperidine rings is 1. The van der Waals surface area contributed by atoms with E-state index < -0.39 is 0 Å². The molecule has 2 aromatic carbocycles. The van der Waals surface area contributed by atoms with Crippen LogP contribution in [0.2, 0.25) is 15.1 Å². The highest BCUT2D eigenvalue weighted by Crippen LogP contribution is 2.36. The number of ether oxygens (including phenoxy) is 1. The maximum absolute atomic E-state index is 6.50. The van der Waals surface area contributed by atoms with E-state index in [4.69, 9.17) is 39.5 Å². The minimum atomic E-state index is 0.137. The molecule has 1 aromatic heterocycles. The topological polar surface area (TPSA) is 46.4 Å². The first-order chi connectivity index (χ1) is 18.0. The molecule has 9 heteroatoms. The Balaban J connectivity index is 1.20. The van der Waals surface area contributed by atoms with Crippen LogP contribution in [0.4, 0.5) is 0 Å². The first kappa shape index (κ1) is 26.8. The normalized spacial score (nSPS) is 18.4. The average Bonchev–Trinajstić information content (AvgIpc) is 3.61. The Bertz CT molecular complexity index is 1140. The number of nitrogens with zero attached hydrogens (tertiary/aromatic N) is 5. The van der Waals surface area contributed by atoms with Crippen LogP contribution in [0.3, 0.4) is 0 Å². The molecule has 2 aliphatic rings. The lowest BCUT2D eigenvalue weighted by Gasteiger charge is -2.35. The zero-order valence-corrected chi connectivity index (χ0v) is 23.3. The number of rotatable bonds is 10. The summed E-state index contributed by atoms with van der Waals surface area (Å²) in [5.74, 6) is 1.41. The third kappa shape index (κ3) is 7.18. The van der Waals surface area contributed by atoms with Crippen molar-refractivity contribution < 1.29 is 4.74 Å². The van der Waals surface area contributed by atoms with Crippen LogP contribution in [0.15, 0.2) is 49.1 Å². The molecule has 0 spiro atoms. The molecule has 3 heterocycles. The van der Waals surface area contributed by atoms with Crippen LogP contribution < -0.4 is 4.74 Å². The second-order valence-electron chi connectivity index (χ2n) is 10.1. The summed E-state index contributed by atoms with van der Waals surface area (Å²) in [5, 5.41) is 6.51. The Hall–Kier alpha value is -1.83. The highest BCUT2D eigenvalue weighted by molar-refractivity contribution is 6.35. The monoisotopic (exact) mass is 561 g/mol. The van der Waals surface area contributed by atoms with Crippen LogP contribution in [0.1, 0.15) is 48.8 Å². The number of aromatic nitrogens is 3. The molecule has 1 atom stereocenters. The molecular weight excluding hydrogens is 529 g/mol. The van der Waals surface area contributed by atoms with E-state index in [1.165, 1.54) is 31.5 Å². The fourth-order valence-electron chi connectivity index (χ4n) is 5.57. The summed E-state index contributed by atoms with van der Waals surface area (Å²) >= 11 is 19.0. The van der Waals surface area contributed by atoms with Gasteiger partial charge in [-0.15, -0.1) is 0 Å². The predicted molar refractivity (Wildman–Crippen MR) is 150 cm³/mol. The van der Waals surface area contributed by atoms with Gasteiger partial charge < -0.3 is 9.64 Å². The molecule has 0 amide bonds. The summed E-state index contributed by atoms with van der Waals surface area (Å²) in [6.45, 7) is 6.97. The molecule has 0 radical (unpaired) electrons. The van der Waals surface area contributed by atoms with E-state index in [-0.39, 0.29) is 6.04 Å². The van der Waals surface area contributed by atoms with Crippen molar-refractivity contribution in [2.75, 3.05) is 45.9 Å². The van der Waals surface area contributed by atoms with Crippen molar-refractivity contribution in [2.45, 2.75) is 44.1 Å². The van der Waals surface area contributed by atoms with E-state index in [1.54, 1.807) is 18.7 Å². The highest BCUT2D eigenvalue weighted by Gasteiger charge is 2.26. The van der Waals surface area contributed by atoms with Gasteiger partial charge in [0.2, 0.25) is 0 Å². The Morgan fingerprint density at radius 3 is 2.41 bits per heavy atom. The summed E-state index contributed by atoms with van der Waals surface area (Å²) in [7, 11) is 0. The molecule has 37 heavy (non-hydrogen) atoms.